The van der Waals surface area contributed by atoms with Crippen LogP contribution in [-0.2, 0) is 11.0 Å². The average Bonchev–Trinajstić information content (AvgIpc) is 2.81. The zero-order valence-electron chi connectivity index (χ0n) is 19.4. The second-order valence-electron chi connectivity index (χ2n) is 7.61. The number of halogens is 3. The molecule has 0 fully saturated rings. The summed E-state index contributed by atoms with van der Waals surface area (Å²) in [4.78, 5) is 26.8. The molecule has 0 aliphatic heterocycles. The number of nitriles is 1. The average molecular weight is 497 g/mol. The largest absolute Gasteiger partial charge is 0.490 e. The van der Waals surface area contributed by atoms with E-state index in [4.69, 9.17) is 9.47 Å². The summed E-state index contributed by atoms with van der Waals surface area (Å²) >= 11 is 0. The number of carbonyl (C=O) groups is 1. The summed E-state index contributed by atoms with van der Waals surface area (Å²) in [6, 6.07) is 12.8. The smallest absolute Gasteiger partial charge is 0.416 e. The Balaban J connectivity index is 1.73. The Morgan fingerprint density at radius 3 is 2.58 bits per heavy atom. The number of hydrogen-bond donors (Lipinski definition) is 2. The van der Waals surface area contributed by atoms with Gasteiger partial charge in [0.1, 0.15) is 11.6 Å². The van der Waals surface area contributed by atoms with Crippen LogP contribution < -0.4 is 20.3 Å². The molecular formula is C26H22F3N3O4. The molecule has 7 nitrogen and oxygen atoms in total. The molecule has 0 saturated carbocycles. The van der Waals surface area contributed by atoms with Crippen LogP contribution >= 0.6 is 0 Å². The number of ether oxygens (including phenoxy) is 2. The molecule has 0 radical (unpaired) electrons. The lowest BCUT2D eigenvalue weighted by molar-refractivity contribution is -0.137. The van der Waals surface area contributed by atoms with Crippen LogP contribution in [0.4, 0.5) is 18.9 Å². The highest BCUT2D eigenvalue weighted by Gasteiger charge is 2.30. The third kappa shape index (κ3) is 6.76. The predicted octanol–water partition coefficient (Wildman–Crippen LogP) is 5.16. The number of benzene rings is 2. The van der Waals surface area contributed by atoms with Gasteiger partial charge in [-0.05, 0) is 61.4 Å². The lowest BCUT2D eigenvalue weighted by Gasteiger charge is -2.13. The van der Waals surface area contributed by atoms with Gasteiger partial charge in [-0.15, -0.1) is 0 Å². The summed E-state index contributed by atoms with van der Waals surface area (Å²) in [5, 5.41) is 11.6. The molecular weight excluding hydrogens is 475 g/mol. The second kappa shape index (κ2) is 11.3. The maximum absolute atomic E-state index is 12.9. The molecule has 2 N–H and O–H groups in total. The summed E-state index contributed by atoms with van der Waals surface area (Å²) in [5.41, 5.74) is 0.398. The molecule has 0 atom stereocenters. The lowest BCUT2D eigenvalue weighted by atomic mass is 10.1. The van der Waals surface area contributed by atoms with Crippen LogP contribution in [-0.4, -0.2) is 24.1 Å². The van der Waals surface area contributed by atoms with Crippen LogP contribution in [0.2, 0.25) is 0 Å². The fourth-order valence-corrected chi connectivity index (χ4v) is 3.28. The number of pyridine rings is 1. The van der Waals surface area contributed by atoms with Crippen molar-refractivity contribution < 1.29 is 27.4 Å². The molecule has 1 amide bonds. The first-order chi connectivity index (χ1) is 17.1. The van der Waals surface area contributed by atoms with Crippen molar-refractivity contribution in [3.63, 3.8) is 0 Å². The first-order valence-corrected chi connectivity index (χ1v) is 10.8. The van der Waals surface area contributed by atoms with Crippen LogP contribution in [0.1, 0.15) is 34.9 Å². The van der Waals surface area contributed by atoms with Gasteiger partial charge in [-0.3, -0.25) is 9.59 Å². The number of anilines is 1. The minimum Gasteiger partial charge on any atom is -0.490 e. The normalized spacial score (nSPS) is 11.2. The van der Waals surface area contributed by atoms with Crippen molar-refractivity contribution in [2.45, 2.75) is 20.0 Å². The quantitative estimate of drug-likeness (QED) is 0.447. The topological polar surface area (TPSA) is 104 Å². The maximum Gasteiger partial charge on any atom is 0.416 e. The SMILES string of the molecule is CCOc1cc(C=Cc2cc(C)[nH]c(=O)c2C#N)ccc1OCC(=O)Nc1cccc(C(F)(F)F)c1. The number of aryl methyl sites for hydroxylation is 1. The Bertz CT molecular complexity index is 1390. The Kier molecular flexibility index (Phi) is 8.17. The molecule has 1 aromatic heterocycles. The molecule has 0 aliphatic rings. The molecule has 0 spiro atoms. The number of nitrogens with zero attached hydrogens (tertiary/aromatic N) is 1. The molecule has 2 aromatic carbocycles. The number of rotatable bonds is 8. The zero-order valence-corrected chi connectivity index (χ0v) is 19.4. The highest BCUT2D eigenvalue weighted by molar-refractivity contribution is 5.92. The van der Waals surface area contributed by atoms with Gasteiger partial charge in [0.2, 0.25) is 0 Å². The van der Waals surface area contributed by atoms with Gasteiger partial charge < -0.3 is 19.8 Å². The van der Waals surface area contributed by atoms with Crippen molar-refractivity contribution in [1.29, 1.82) is 5.26 Å². The van der Waals surface area contributed by atoms with Crippen LogP contribution in [0.3, 0.4) is 0 Å². The molecule has 0 aliphatic carbocycles. The number of nitrogens with one attached hydrogen (secondary N) is 2. The summed E-state index contributed by atoms with van der Waals surface area (Å²) in [6.07, 6.45) is -1.19. The van der Waals surface area contributed by atoms with Crippen molar-refractivity contribution in [3.8, 4) is 17.6 Å². The molecule has 186 valence electrons. The number of hydrogen-bond acceptors (Lipinski definition) is 5. The minimum absolute atomic E-state index is 0.00401. The van der Waals surface area contributed by atoms with E-state index in [0.29, 0.717) is 29.2 Å². The highest BCUT2D eigenvalue weighted by atomic mass is 19.4. The van der Waals surface area contributed by atoms with E-state index in [1.807, 2.05) is 6.07 Å². The summed E-state index contributed by atoms with van der Waals surface area (Å²) in [5.74, 6) is -0.0403. The molecule has 0 unspecified atom stereocenters. The van der Waals surface area contributed by atoms with E-state index >= 15 is 0 Å². The molecule has 3 aromatic rings. The van der Waals surface area contributed by atoms with E-state index in [1.165, 1.54) is 12.1 Å². The monoisotopic (exact) mass is 497 g/mol. The number of amides is 1. The fraction of sp³-hybridized carbons (Fsp3) is 0.192. The van der Waals surface area contributed by atoms with Gasteiger partial charge >= 0.3 is 6.18 Å². The van der Waals surface area contributed by atoms with Gasteiger partial charge in [-0.25, -0.2) is 0 Å². The van der Waals surface area contributed by atoms with Gasteiger partial charge in [-0.1, -0.05) is 24.3 Å². The summed E-state index contributed by atoms with van der Waals surface area (Å²) in [7, 11) is 0. The number of carbonyl (C=O) groups excluding carboxylic acids is 1. The van der Waals surface area contributed by atoms with E-state index in [1.54, 1.807) is 50.3 Å². The van der Waals surface area contributed by atoms with E-state index in [-0.39, 0.29) is 17.0 Å². The molecule has 0 bridgehead atoms. The van der Waals surface area contributed by atoms with Crippen molar-refractivity contribution in [2.24, 2.45) is 0 Å². The van der Waals surface area contributed by atoms with Gasteiger partial charge in [0.25, 0.3) is 11.5 Å². The lowest BCUT2D eigenvalue weighted by Crippen LogP contribution is -2.20. The van der Waals surface area contributed by atoms with Crippen LogP contribution in [0.5, 0.6) is 11.5 Å². The Hall–Kier alpha value is -4.52. The van der Waals surface area contributed by atoms with Gasteiger partial charge in [0.15, 0.2) is 18.1 Å². The molecule has 36 heavy (non-hydrogen) atoms. The van der Waals surface area contributed by atoms with E-state index in [2.05, 4.69) is 10.3 Å². The summed E-state index contributed by atoms with van der Waals surface area (Å²) in [6.45, 7) is 3.34. The number of aromatic nitrogens is 1. The first-order valence-electron chi connectivity index (χ1n) is 10.8. The number of alkyl halides is 3. The predicted molar refractivity (Wildman–Crippen MR) is 129 cm³/mol. The fourth-order valence-electron chi connectivity index (χ4n) is 3.28. The van der Waals surface area contributed by atoms with Crippen molar-refractivity contribution in [1.82, 2.24) is 4.98 Å². The molecule has 10 heteroatoms. The minimum atomic E-state index is -4.52. The number of aromatic amines is 1. The Labute approximate surface area is 204 Å². The maximum atomic E-state index is 12.9. The zero-order chi connectivity index (χ0) is 26.3. The Morgan fingerprint density at radius 2 is 1.89 bits per heavy atom. The molecule has 3 rings (SSSR count). The third-order valence-corrected chi connectivity index (χ3v) is 4.87. The van der Waals surface area contributed by atoms with Crippen molar-refractivity contribution >= 4 is 23.7 Å². The van der Waals surface area contributed by atoms with Crippen LogP contribution in [0.15, 0.2) is 53.3 Å². The van der Waals surface area contributed by atoms with Gasteiger partial charge in [-0.2, -0.15) is 18.4 Å². The van der Waals surface area contributed by atoms with E-state index in [0.717, 1.165) is 12.1 Å². The van der Waals surface area contributed by atoms with E-state index < -0.39 is 29.8 Å². The number of H-pyrrole nitrogens is 1. The standard InChI is InChI=1S/C26H22F3N3O4/c1-3-35-23-12-17(7-9-18-11-16(2)31-25(34)21(18)14-30)8-10-22(23)36-15-24(33)32-20-6-4-5-19(13-20)26(27,28)29/h4-13H,3,15H2,1-2H3,(H,31,34)(H,32,33). The molecule has 0 saturated heterocycles. The Morgan fingerprint density at radius 1 is 1.11 bits per heavy atom. The van der Waals surface area contributed by atoms with Crippen molar-refractivity contribution in [3.05, 3.63) is 86.8 Å². The van der Waals surface area contributed by atoms with Gasteiger partial charge in [0.05, 0.1) is 12.2 Å². The third-order valence-electron chi connectivity index (χ3n) is 4.87. The molecule has 1 heterocycles. The van der Waals surface area contributed by atoms with Gasteiger partial charge in [0, 0.05) is 11.4 Å². The van der Waals surface area contributed by atoms with Crippen LogP contribution in [0, 0.1) is 18.3 Å². The first kappa shape index (κ1) is 26.1. The summed E-state index contributed by atoms with van der Waals surface area (Å²) < 4.78 is 49.7. The van der Waals surface area contributed by atoms with E-state index in [9.17, 15) is 28.0 Å². The van der Waals surface area contributed by atoms with Crippen molar-refractivity contribution in [2.75, 3.05) is 18.5 Å². The highest BCUT2D eigenvalue weighted by Crippen LogP contribution is 2.31. The second-order valence-corrected chi connectivity index (χ2v) is 7.61. The van der Waals surface area contributed by atoms with Crippen LogP contribution in [0.25, 0.3) is 12.2 Å².